The summed E-state index contributed by atoms with van der Waals surface area (Å²) in [5.41, 5.74) is 0. The lowest BCUT2D eigenvalue weighted by molar-refractivity contribution is -0.141. The van der Waals surface area contributed by atoms with Gasteiger partial charge in [-0.15, -0.1) is 0 Å². The molecule has 13 heavy (non-hydrogen) atoms. The normalized spacial score (nSPS) is 29.4. The lowest BCUT2D eigenvalue weighted by Gasteiger charge is -2.13. The Hall–Kier alpha value is -0.610. The lowest BCUT2D eigenvalue weighted by Crippen LogP contribution is -2.32. The Balaban J connectivity index is 2.36. The molecule has 0 aliphatic carbocycles. The van der Waals surface area contributed by atoms with Crippen LogP contribution in [0.2, 0.25) is 0 Å². The van der Waals surface area contributed by atoms with Gasteiger partial charge in [-0.2, -0.15) is 0 Å². The van der Waals surface area contributed by atoms with Crippen molar-refractivity contribution in [3.8, 4) is 0 Å². The van der Waals surface area contributed by atoms with Gasteiger partial charge in [0.2, 0.25) is 0 Å². The highest BCUT2D eigenvalue weighted by molar-refractivity contribution is 5.73. The van der Waals surface area contributed by atoms with Gasteiger partial charge in [0, 0.05) is 19.6 Å². The molecule has 0 saturated carbocycles. The molecule has 1 fully saturated rings. The third-order valence-corrected chi connectivity index (χ3v) is 2.35. The third-order valence-electron chi connectivity index (χ3n) is 2.35. The van der Waals surface area contributed by atoms with E-state index in [0.29, 0.717) is 6.42 Å². The first-order valence-electron chi connectivity index (χ1n) is 4.69. The average molecular weight is 187 g/mol. The zero-order chi connectivity index (χ0) is 9.84. The largest absolute Gasteiger partial charge is 0.480 e. The van der Waals surface area contributed by atoms with Gasteiger partial charge in [-0.05, 0) is 13.5 Å². The zero-order valence-electron chi connectivity index (χ0n) is 8.19. The first kappa shape index (κ1) is 10.5. The number of carbonyl (C=O) groups is 1. The molecule has 0 radical (unpaired) electrons. The van der Waals surface area contributed by atoms with Crippen molar-refractivity contribution in [2.24, 2.45) is 0 Å². The predicted molar refractivity (Wildman–Crippen MR) is 48.7 cm³/mol. The van der Waals surface area contributed by atoms with Crippen LogP contribution in [0.5, 0.6) is 0 Å². The maximum absolute atomic E-state index is 10.7. The summed E-state index contributed by atoms with van der Waals surface area (Å²) in [6, 6.07) is -0.359. The number of carboxylic acid groups (broad SMARTS) is 1. The number of ether oxygens (including phenoxy) is 1. The molecule has 1 saturated heterocycles. The van der Waals surface area contributed by atoms with Crippen molar-refractivity contribution in [2.75, 3.05) is 20.2 Å². The fourth-order valence-electron chi connectivity index (χ4n) is 1.65. The van der Waals surface area contributed by atoms with Gasteiger partial charge in [0.25, 0.3) is 0 Å². The molecule has 1 unspecified atom stereocenters. The summed E-state index contributed by atoms with van der Waals surface area (Å²) >= 11 is 0. The van der Waals surface area contributed by atoms with Crippen LogP contribution in [0.15, 0.2) is 0 Å². The van der Waals surface area contributed by atoms with Gasteiger partial charge in [0.1, 0.15) is 6.04 Å². The number of hydrogen-bond acceptors (Lipinski definition) is 3. The molecule has 1 aliphatic rings. The van der Waals surface area contributed by atoms with E-state index in [4.69, 9.17) is 9.84 Å². The second kappa shape index (κ2) is 4.58. The van der Waals surface area contributed by atoms with Gasteiger partial charge < -0.3 is 9.84 Å². The molecular formula is C9H17NO3. The Bertz CT molecular complexity index is 184. The highest BCUT2D eigenvalue weighted by atomic mass is 16.5. The van der Waals surface area contributed by atoms with Crippen molar-refractivity contribution in [3.05, 3.63) is 0 Å². The molecule has 0 spiro atoms. The van der Waals surface area contributed by atoms with Crippen molar-refractivity contribution in [1.29, 1.82) is 0 Å². The fraction of sp³-hybridized carbons (Fsp3) is 0.889. The Morgan fingerprint density at radius 2 is 2.38 bits per heavy atom. The Morgan fingerprint density at radius 1 is 1.69 bits per heavy atom. The number of rotatable bonds is 4. The fourth-order valence-corrected chi connectivity index (χ4v) is 1.65. The molecule has 1 N–H and O–H groups in total. The van der Waals surface area contributed by atoms with Crippen LogP contribution in [-0.4, -0.2) is 48.3 Å². The summed E-state index contributed by atoms with van der Waals surface area (Å²) in [6.45, 7) is 3.51. The molecule has 2 atom stereocenters. The predicted octanol–water partition coefficient (Wildman–Crippen LogP) is 0.570. The molecular weight excluding hydrogens is 170 g/mol. The summed E-state index contributed by atoms with van der Waals surface area (Å²) in [5, 5.41) is 8.83. The van der Waals surface area contributed by atoms with Crippen LogP contribution in [0.1, 0.15) is 19.8 Å². The SMILES string of the molecule is CCCO[C@H]1CC(C(=O)O)N(C)C1. The van der Waals surface area contributed by atoms with E-state index in [1.165, 1.54) is 0 Å². The van der Waals surface area contributed by atoms with Crippen LogP contribution in [-0.2, 0) is 9.53 Å². The number of likely N-dealkylation sites (tertiary alicyclic amines) is 1. The van der Waals surface area contributed by atoms with Gasteiger partial charge in [-0.3, -0.25) is 9.69 Å². The van der Waals surface area contributed by atoms with Crippen molar-refractivity contribution in [2.45, 2.75) is 31.9 Å². The number of carboxylic acids is 1. The first-order valence-corrected chi connectivity index (χ1v) is 4.69. The number of aliphatic carboxylic acids is 1. The topological polar surface area (TPSA) is 49.8 Å². The van der Waals surface area contributed by atoms with Crippen molar-refractivity contribution < 1.29 is 14.6 Å². The quantitative estimate of drug-likeness (QED) is 0.699. The minimum Gasteiger partial charge on any atom is -0.480 e. The van der Waals surface area contributed by atoms with Gasteiger partial charge >= 0.3 is 5.97 Å². The van der Waals surface area contributed by atoms with Gasteiger partial charge in [-0.1, -0.05) is 6.92 Å². The summed E-state index contributed by atoms with van der Waals surface area (Å²) in [5.74, 6) is -0.745. The van der Waals surface area contributed by atoms with Crippen molar-refractivity contribution in [3.63, 3.8) is 0 Å². The van der Waals surface area contributed by atoms with Gasteiger partial charge in [-0.25, -0.2) is 0 Å². The molecule has 0 aromatic rings. The number of hydrogen-bond donors (Lipinski definition) is 1. The zero-order valence-corrected chi connectivity index (χ0v) is 8.19. The lowest BCUT2D eigenvalue weighted by atomic mass is 10.2. The summed E-state index contributed by atoms with van der Waals surface area (Å²) < 4.78 is 5.50. The molecule has 1 aliphatic heterocycles. The Kier molecular flexibility index (Phi) is 3.69. The molecule has 1 rings (SSSR count). The molecule has 0 amide bonds. The average Bonchev–Trinajstić information content (AvgIpc) is 2.43. The summed E-state index contributed by atoms with van der Waals surface area (Å²) in [6.07, 6.45) is 1.70. The maximum Gasteiger partial charge on any atom is 0.321 e. The van der Waals surface area contributed by atoms with E-state index in [0.717, 1.165) is 19.6 Å². The van der Waals surface area contributed by atoms with E-state index in [1.54, 1.807) is 0 Å². The maximum atomic E-state index is 10.7. The minimum atomic E-state index is -0.745. The molecule has 76 valence electrons. The monoisotopic (exact) mass is 187 g/mol. The van der Waals surface area contributed by atoms with Crippen molar-refractivity contribution >= 4 is 5.97 Å². The number of nitrogens with zero attached hydrogens (tertiary/aromatic N) is 1. The molecule has 0 aromatic heterocycles. The molecule has 0 aromatic carbocycles. The summed E-state index contributed by atoms with van der Waals surface area (Å²) in [7, 11) is 1.83. The van der Waals surface area contributed by atoms with Crippen molar-refractivity contribution in [1.82, 2.24) is 4.90 Å². The second-order valence-corrected chi connectivity index (χ2v) is 3.52. The highest BCUT2D eigenvalue weighted by Gasteiger charge is 2.34. The van der Waals surface area contributed by atoms with E-state index in [-0.39, 0.29) is 12.1 Å². The minimum absolute atomic E-state index is 0.103. The highest BCUT2D eigenvalue weighted by Crippen LogP contribution is 2.18. The first-order chi connectivity index (χ1) is 6.15. The third kappa shape index (κ3) is 2.67. The van der Waals surface area contributed by atoms with Crippen LogP contribution < -0.4 is 0 Å². The standard InChI is InChI=1S/C9H17NO3/c1-3-4-13-7-5-8(9(11)12)10(2)6-7/h7-8H,3-6H2,1-2H3,(H,11,12)/t7-,8?/m0/s1. The van der Waals surface area contributed by atoms with E-state index < -0.39 is 5.97 Å². The van der Waals surface area contributed by atoms with Gasteiger partial charge in [0.05, 0.1) is 6.10 Å². The van der Waals surface area contributed by atoms with E-state index >= 15 is 0 Å². The van der Waals surface area contributed by atoms with Crippen LogP contribution in [0.3, 0.4) is 0 Å². The van der Waals surface area contributed by atoms with Crippen LogP contribution in [0.4, 0.5) is 0 Å². The molecule has 1 heterocycles. The van der Waals surface area contributed by atoms with Crippen LogP contribution >= 0.6 is 0 Å². The van der Waals surface area contributed by atoms with E-state index in [1.807, 2.05) is 18.9 Å². The van der Waals surface area contributed by atoms with Crippen LogP contribution in [0, 0.1) is 0 Å². The number of likely N-dealkylation sites (N-methyl/N-ethyl adjacent to an activating group) is 1. The summed E-state index contributed by atoms with van der Waals surface area (Å²) in [4.78, 5) is 12.6. The van der Waals surface area contributed by atoms with E-state index in [2.05, 4.69) is 0 Å². The second-order valence-electron chi connectivity index (χ2n) is 3.52. The van der Waals surface area contributed by atoms with Gasteiger partial charge in [0.15, 0.2) is 0 Å². The molecule has 4 nitrogen and oxygen atoms in total. The smallest absolute Gasteiger partial charge is 0.321 e. The molecule has 0 bridgehead atoms. The molecule has 4 heteroatoms. The Morgan fingerprint density at radius 3 is 2.85 bits per heavy atom. The van der Waals surface area contributed by atoms with Crippen LogP contribution in [0.25, 0.3) is 0 Å². The Labute approximate surface area is 78.5 Å². The van der Waals surface area contributed by atoms with E-state index in [9.17, 15) is 4.79 Å².